The monoisotopic (exact) mass is 613 g/mol. The third-order valence-electron chi connectivity index (χ3n) is 8.65. The molecule has 0 radical (unpaired) electrons. The van der Waals surface area contributed by atoms with Gasteiger partial charge in [0.1, 0.15) is 0 Å². The first kappa shape index (κ1) is 34.3. The Morgan fingerprint density at radius 3 is 2.21 bits per heavy atom. The maximum Gasteiger partial charge on any atom is 0.240 e. The van der Waals surface area contributed by atoms with E-state index in [1.165, 1.54) is 30.4 Å². The van der Waals surface area contributed by atoms with Crippen LogP contribution in [0.2, 0.25) is 5.02 Å². The number of nitrogens with zero attached hydrogens (tertiary/aromatic N) is 1. The molecule has 1 saturated carbocycles. The van der Waals surface area contributed by atoms with E-state index in [-0.39, 0.29) is 0 Å². The van der Waals surface area contributed by atoms with Gasteiger partial charge >= 0.3 is 0 Å². The number of unbranched alkanes of at least 4 members (excludes halogenated alkanes) is 2. The molecule has 1 aliphatic heterocycles. The van der Waals surface area contributed by atoms with Gasteiger partial charge in [0.15, 0.2) is 0 Å². The Morgan fingerprint density at radius 1 is 0.929 bits per heavy atom. The molecule has 1 saturated heterocycles. The molecule has 2 aromatic carbocycles. The molecule has 42 heavy (non-hydrogen) atoms. The predicted octanol–water partition coefficient (Wildman–Crippen LogP) is 8.69. The topological polar surface area (TPSA) is 70.6 Å². The first-order chi connectivity index (χ1) is 20.3. The van der Waals surface area contributed by atoms with Crippen LogP contribution >= 0.6 is 11.6 Å². The quantitative estimate of drug-likeness (QED) is 0.293. The molecule has 0 aromatic heterocycles. The molecule has 3 aliphatic rings. The van der Waals surface area contributed by atoms with Crippen molar-refractivity contribution in [3.05, 3.63) is 76.8 Å². The third kappa shape index (κ3) is 10.2. The van der Waals surface area contributed by atoms with Gasteiger partial charge in [0.05, 0.1) is 10.7 Å². The largest absolute Gasteiger partial charge is 0.370 e. The number of amidine groups is 1. The zero-order valence-electron chi connectivity index (χ0n) is 26.1. The van der Waals surface area contributed by atoms with Crippen molar-refractivity contribution in [2.24, 2.45) is 16.8 Å². The number of aliphatic imine (C=N–C) groups is 1. The molecule has 2 aliphatic carbocycles. The minimum Gasteiger partial charge on any atom is -0.370 e. The number of halogens is 1. The van der Waals surface area contributed by atoms with Gasteiger partial charge < -0.3 is 5.32 Å². The highest BCUT2D eigenvalue weighted by molar-refractivity contribution is 7.89. The van der Waals surface area contributed by atoms with Gasteiger partial charge in [-0.15, -0.1) is 0 Å². The van der Waals surface area contributed by atoms with Crippen LogP contribution < -0.4 is 10.0 Å². The molecule has 7 heteroatoms. The van der Waals surface area contributed by atoms with Crippen LogP contribution in [0.15, 0.2) is 70.6 Å². The molecule has 232 valence electrons. The number of sulfonamides is 1. The first-order valence-corrected chi connectivity index (χ1v) is 17.9. The molecule has 5 nitrogen and oxygen atoms in total. The summed E-state index contributed by atoms with van der Waals surface area (Å²) in [5.74, 6) is 2.56. The summed E-state index contributed by atoms with van der Waals surface area (Å²) < 4.78 is 27.7. The average molecular weight is 614 g/mol. The number of rotatable bonds is 8. The number of benzene rings is 2. The van der Waals surface area contributed by atoms with E-state index in [1.54, 1.807) is 24.3 Å². The Morgan fingerprint density at radius 2 is 1.60 bits per heavy atom. The Hall–Kier alpha value is -2.15. The fraction of sp³-hybridized carbons (Fsp3) is 0.571. The van der Waals surface area contributed by atoms with Crippen molar-refractivity contribution in [2.45, 2.75) is 109 Å². The summed E-state index contributed by atoms with van der Waals surface area (Å²) in [6.07, 6.45) is 15.6. The summed E-state index contributed by atoms with van der Waals surface area (Å²) in [7, 11) is -3.42. The van der Waals surface area contributed by atoms with Crippen LogP contribution in [0.1, 0.15) is 103 Å². The van der Waals surface area contributed by atoms with E-state index in [0.717, 1.165) is 62.3 Å². The fourth-order valence-electron chi connectivity index (χ4n) is 6.06. The molecule has 0 amide bonds. The number of nitrogens with one attached hydrogen (secondary N) is 2. The van der Waals surface area contributed by atoms with Crippen LogP contribution in [0, 0.1) is 11.8 Å². The zero-order valence-corrected chi connectivity index (χ0v) is 27.7. The van der Waals surface area contributed by atoms with Crippen LogP contribution in [0.3, 0.4) is 0 Å². The molecule has 2 unspecified atom stereocenters. The number of allylic oxidation sites excluding steroid dienone is 2. The molecule has 2 N–H and O–H groups in total. The Kier molecular flexibility index (Phi) is 14.6. The van der Waals surface area contributed by atoms with Gasteiger partial charge in [-0.25, -0.2) is 13.1 Å². The van der Waals surface area contributed by atoms with Gasteiger partial charge in [-0.3, -0.25) is 4.99 Å². The molecule has 2 aromatic rings. The molecule has 5 rings (SSSR count). The van der Waals surface area contributed by atoms with Crippen molar-refractivity contribution in [1.29, 1.82) is 0 Å². The predicted molar refractivity (Wildman–Crippen MR) is 179 cm³/mol. The highest BCUT2D eigenvalue weighted by Gasteiger charge is 2.37. The molecular formula is C35H52ClN3O2S. The van der Waals surface area contributed by atoms with Crippen molar-refractivity contribution >= 4 is 27.5 Å². The summed E-state index contributed by atoms with van der Waals surface area (Å²) in [4.78, 5) is 5.31. The molecule has 0 spiro atoms. The minimum absolute atomic E-state index is 0.336. The van der Waals surface area contributed by atoms with E-state index >= 15 is 0 Å². The fourth-order valence-corrected chi connectivity index (χ4v) is 7.53. The minimum atomic E-state index is -3.42. The maximum absolute atomic E-state index is 12.4. The second kappa shape index (κ2) is 17.8. The lowest BCUT2D eigenvalue weighted by Crippen LogP contribution is -2.32. The summed E-state index contributed by atoms with van der Waals surface area (Å²) >= 11 is 6.55. The van der Waals surface area contributed by atoms with Gasteiger partial charge in [0.25, 0.3) is 0 Å². The smallest absolute Gasteiger partial charge is 0.240 e. The van der Waals surface area contributed by atoms with Crippen molar-refractivity contribution in [3.63, 3.8) is 0 Å². The lowest BCUT2D eigenvalue weighted by molar-refractivity contribution is 0.280. The van der Waals surface area contributed by atoms with Crippen LogP contribution in [0.4, 0.5) is 0 Å². The van der Waals surface area contributed by atoms with Crippen LogP contribution in [-0.4, -0.2) is 33.4 Å². The van der Waals surface area contributed by atoms with Crippen LogP contribution in [0.5, 0.6) is 0 Å². The van der Waals surface area contributed by atoms with Gasteiger partial charge in [-0.05, 0) is 93.5 Å². The number of hydrogen-bond donors (Lipinski definition) is 2. The van der Waals surface area contributed by atoms with Crippen molar-refractivity contribution in [3.8, 4) is 0 Å². The third-order valence-corrected chi connectivity index (χ3v) is 10.4. The van der Waals surface area contributed by atoms with Gasteiger partial charge in [-0.2, -0.15) is 0 Å². The summed E-state index contributed by atoms with van der Waals surface area (Å²) in [5, 5.41) is 4.57. The van der Waals surface area contributed by atoms with E-state index in [9.17, 15) is 8.42 Å². The Bertz CT molecular complexity index is 1230. The summed E-state index contributed by atoms with van der Waals surface area (Å²) in [6.45, 7) is 9.80. The molecular weight excluding hydrogens is 562 g/mol. The first-order valence-electron chi connectivity index (χ1n) is 16.0. The lowest BCUT2D eigenvalue weighted by atomic mass is 9.80. The standard InChI is InChI=1S/C26H32ClN3O2S.C5H12.C4H8/c27-23-8-4-5-20-13-14-24-22(26(20)23)15-25(30-24)28-16-18-9-11-19(12-10-18)17-29-33(31,32)21-6-2-1-3-7-21;1-3-5-4-2;1-3-4-2/h1-8,18-19,22,24,29H,9-17H2,(H,28,30);3-5H2,1-2H3;3-4H,1-2H3/b;;4-3-. The number of aryl methyl sites for hydroxylation is 1. The second-order valence-electron chi connectivity index (χ2n) is 11.8. The number of hydrogen-bond acceptors (Lipinski definition) is 3. The van der Waals surface area contributed by atoms with Gasteiger partial charge in [-0.1, -0.05) is 87.2 Å². The van der Waals surface area contributed by atoms with Crippen molar-refractivity contribution in [2.75, 3.05) is 13.1 Å². The summed E-state index contributed by atoms with van der Waals surface area (Å²) in [6, 6.07) is 15.3. The molecule has 2 fully saturated rings. The van der Waals surface area contributed by atoms with E-state index in [4.69, 9.17) is 16.6 Å². The van der Waals surface area contributed by atoms with Gasteiger partial charge in [0.2, 0.25) is 10.0 Å². The SMILES string of the molecule is C/C=C\C.CCCCC.O=S(=O)(NCC1CCC(CN=C2CC3c4c(Cl)cccc4CCC3N2)CC1)c1ccccc1. The molecule has 1 heterocycles. The highest BCUT2D eigenvalue weighted by atomic mass is 35.5. The second-order valence-corrected chi connectivity index (χ2v) is 13.9. The maximum atomic E-state index is 12.4. The lowest BCUT2D eigenvalue weighted by Gasteiger charge is -2.28. The van der Waals surface area contributed by atoms with E-state index < -0.39 is 10.0 Å². The van der Waals surface area contributed by atoms with Crippen molar-refractivity contribution in [1.82, 2.24) is 10.0 Å². The van der Waals surface area contributed by atoms with E-state index in [2.05, 4.69) is 36.0 Å². The van der Waals surface area contributed by atoms with Crippen LogP contribution in [-0.2, 0) is 16.4 Å². The molecule has 2 atom stereocenters. The normalized spacial score (nSPS) is 24.1. The van der Waals surface area contributed by atoms with Crippen LogP contribution in [0.25, 0.3) is 0 Å². The van der Waals surface area contributed by atoms with E-state index in [1.807, 2.05) is 38.1 Å². The van der Waals surface area contributed by atoms with E-state index in [0.29, 0.717) is 35.2 Å². The highest BCUT2D eigenvalue weighted by Crippen LogP contribution is 2.41. The zero-order chi connectivity index (χ0) is 30.4. The number of fused-ring (bicyclic) bond motifs is 3. The average Bonchev–Trinajstić information content (AvgIpc) is 3.44. The molecule has 0 bridgehead atoms. The van der Waals surface area contributed by atoms with Gasteiger partial charge in [0, 0.05) is 36.5 Å². The Labute approximate surface area is 260 Å². The van der Waals surface area contributed by atoms with Crippen molar-refractivity contribution < 1.29 is 8.42 Å². The Balaban J connectivity index is 0.000000473. The summed E-state index contributed by atoms with van der Waals surface area (Å²) in [5.41, 5.74) is 2.72.